The van der Waals surface area contributed by atoms with Gasteiger partial charge in [-0.15, -0.1) is 4.40 Å². The number of amides is 1. The first-order valence-electron chi connectivity index (χ1n) is 13.7. The van der Waals surface area contributed by atoms with Crippen molar-refractivity contribution in [1.82, 2.24) is 0 Å². The maximum atomic E-state index is 14.2. The van der Waals surface area contributed by atoms with Crippen molar-refractivity contribution in [2.24, 2.45) is 4.40 Å². The van der Waals surface area contributed by atoms with Gasteiger partial charge in [-0.3, -0.25) is 10.1 Å². The summed E-state index contributed by atoms with van der Waals surface area (Å²) in [6, 6.07) is 21.3. The largest absolute Gasteiger partial charge is 0.506 e. The smallest absolute Gasteiger partial charge is 0.412 e. The molecule has 1 unspecified atom stereocenters. The number of Topliss-reactive ketones (excluding diaryl/α,β-unsaturated/α-hetero) is 1. The minimum atomic E-state index is -4.31. The summed E-state index contributed by atoms with van der Waals surface area (Å²) in [5.74, 6) is -0.995. The molecule has 0 aromatic heterocycles. The van der Waals surface area contributed by atoms with E-state index in [2.05, 4.69) is 15.0 Å². The van der Waals surface area contributed by atoms with E-state index in [4.69, 9.17) is 4.74 Å². The number of carbonyl (C=O) groups excluding carboxylic acids is 2. The summed E-state index contributed by atoms with van der Waals surface area (Å²) in [6.07, 6.45) is 1.20. The molecular formula is C32H33N3O6S. The SMILES string of the molecule is CC(C)(C)OC(=O)Nc1ccc2c(c1)S(=O)(=O)N=C(C1=C(O)c3ccccc3C(C)(CCCc3ccccc3)C1=O)N2. The Labute approximate surface area is 245 Å². The van der Waals surface area contributed by atoms with Crippen LogP contribution in [0.25, 0.3) is 5.76 Å². The Balaban J connectivity index is 1.48. The van der Waals surface area contributed by atoms with Crippen LogP contribution in [0, 0.1) is 0 Å². The Kier molecular flexibility index (Phi) is 7.44. The van der Waals surface area contributed by atoms with Gasteiger partial charge in [-0.2, -0.15) is 8.42 Å². The highest BCUT2D eigenvalue weighted by molar-refractivity contribution is 7.90. The van der Waals surface area contributed by atoms with Gasteiger partial charge in [0.25, 0.3) is 10.0 Å². The first-order valence-corrected chi connectivity index (χ1v) is 15.1. The summed E-state index contributed by atoms with van der Waals surface area (Å²) in [5, 5.41) is 16.8. The molecule has 0 saturated carbocycles. The van der Waals surface area contributed by atoms with Gasteiger partial charge in [0.15, 0.2) is 11.6 Å². The lowest BCUT2D eigenvalue weighted by atomic mass is 9.67. The molecule has 3 aromatic rings. The number of hydrogen-bond donors (Lipinski definition) is 3. The average Bonchev–Trinajstić information content (AvgIpc) is 2.92. The third-order valence-electron chi connectivity index (χ3n) is 7.33. The molecule has 0 radical (unpaired) electrons. The number of aliphatic hydroxyl groups excluding tert-OH is 1. The molecule has 1 aliphatic heterocycles. The number of carbonyl (C=O) groups is 2. The van der Waals surface area contributed by atoms with E-state index in [1.807, 2.05) is 49.4 Å². The zero-order valence-corrected chi connectivity index (χ0v) is 24.7. The second-order valence-electron chi connectivity index (χ2n) is 11.6. The number of ketones is 1. The Morgan fingerprint density at radius 1 is 1.05 bits per heavy atom. The Hall–Kier alpha value is -4.44. The number of nitrogens with zero attached hydrogens (tertiary/aromatic N) is 1. The van der Waals surface area contributed by atoms with Gasteiger partial charge in [0.05, 0.1) is 11.1 Å². The van der Waals surface area contributed by atoms with Gasteiger partial charge in [-0.05, 0) is 76.3 Å². The van der Waals surface area contributed by atoms with Gasteiger partial charge in [0, 0.05) is 11.3 Å². The standard InChI is InChI=1S/C32H33N3O6S/c1-31(2,3)41-30(38)33-21-16-17-24-25(19-21)42(39,40)35-29(34-24)26-27(36)22-14-8-9-15-23(22)32(4,28(26)37)18-10-13-20-11-6-5-7-12-20/h5-9,11-12,14-17,19,36H,10,13,18H2,1-4H3,(H,33,38)(H,34,35). The number of amidine groups is 1. The van der Waals surface area contributed by atoms with Crippen LogP contribution in [0.4, 0.5) is 16.2 Å². The molecule has 0 bridgehead atoms. The van der Waals surface area contributed by atoms with Gasteiger partial charge < -0.3 is 15.2 Å². The topological polar surface area (TPSA) is 134 Å². The van der Waals surface area contributed by atoms with Gasteiger partial charge in [0.2, 0.25) is 0 Å². The molecule has 1 heterocycles. The molecule has 0 spiro atoms. The number of benzene rings is 3. The molecule has 2 aliphatic rings. The number of aryl methyl sites for hydroxylation is 1. The molecule has 0 saturated heterocycles. The third-order valence-corrected chi connectivity index (χ3v) is 8.65. The predicted octanol–water partition coefficient (Wildman–Crippen LogP) is 6.38. The Morgan fingerprint density at radius 3 is 2.45 bits per heavy atom. The van der Waals surface area contributed by atoms with E-state index in [1.165, 1.54) is 18.2 Å². The van der Waals surface area contributed by atoms with Crippen molar-refractivity contribution in [3.05, 3.63) is 95.1 Å². The zero-order valence-electron chi connectivity index (χ0n) is 23.9. The van der Waals surface area contributed by atoms with Crippen molar-refractivity contribution in [2.75, 3.05) is 10.6 Å². The Bertz CT molecular complexity index is 1740. The van der Waals surface area contributed by atoms with Crippen LogP contribution in [0.5, 0.6) is 0 Å². The second-order valence-corrected chi connectivity index (χ2v) is 13.2. The van der Waals surface area contributed by atoms with E-state index in [0.29, 0.717) is 24.0 Å². The molecule has 1 aliphatic carbocycles. The van der Waals surface area contributed by atoms with Crippen LogP contribution in [0.3, 0.4) is 0 Å². The van der Waals surface area contributed by atoms with Crippen LogP contribution in [-0.4, -0.2) is 36.8 Å². The molecule has 5 rings (SSSR count). The van der Waals surface area contributed by atoms with Gasteiger partial charge in [0.1, 0.15) is 21.8 Å². The zero-order chi connectivity index (χ0) is 30.3. The van der Waals surface area contributed by atoms with E-state index in [-0.39, 0.29) is 33.4 Å². The third kappa shape index (κ3) is 5.67. The van der Waals surface area contributed by atoms with Crippen LogP contribution in [0.2, 0.25) is 0 Å². The predicted molar refractivity (Wildman–Crippen MR) is 162 cm³/mol. The van der Waals surface area contributed by atoms with Crippen molar-refractivity contribution in [3.8, 4) is 0 Å². The van der Waals surface area contributed by atoms with Crippen LogP contribution >= 0.6 is 0 Å². The van der Waals surface area contributed by atoms with Crippen molar-refractivity contribution >= 4 is 44.9 Å². The lowest BCUT2D eigenvalue weighted by Crippen LogP contribution is -2.42. The van der Waals surface area contributed by atoms with Crippen molar-refractivity contribution < 1.29 is 27.9 Å². The monoisotopic (exact) mass is 587 g/mol. The number of sulfonamides is 1. The molecule has 3 N–H and O–H groups in total. The van der Waals surface area contributed by atoms with E-state index in [1.54, 1.807) is 32.9 Å². The normalized spacial score (nSPS) is 19.2. The number of ether oxygens (including phenoxy) is 1. The van der Waals surface area contributed by atoms with E-state index >= 15 is 0 Å². The number of hydrogen-bond acceptors (Lipinski definition) is 7. The number of anilines is 2. The fourth-order valence-electron chi connectivity index (χ4n) is 5.34. The van der Waals surface area contributed by atoms with Crippen LogP contribution in [0.1, 0.15) is 57.2 Å². The minimum absolute atomic E-state index is 0.160. The lowest BCUT2D eigenvalue weighted by molar-refractivity contribution is -0.120. The maximum Gasteiger partial charge on any atom is 0.412 e. The molecule has 0 fully saturated rings. The number of nitrogens with one attached hydrogen (secondary N) is 2. The molecule has 1 atom stereocenters. The minimum Gasteiger partial charge on any atom is -0.506 e. The van der Waals surface area contributed by atoms with E-state index in [9.17, 15) is 23.1 Å². The number of rotatable bonds is 6. The average molecular weight is 588 g/mol. The van der Waals surface area contributed by atoms with Gasteiger partial charge in [-0.25, -0.2) is 4.79 Å². The summed E-state index contributed by atoms with van der Waals surface area (Å²) < 4.78 is 35.9. The number of aliphatic hydroxyl groups is 1. The van der Waals surface area contributed by atoms with Crippen LogP contribution < -0.4 is 10.6 Å². The molecule has 9 nitrogen and oxygen atoms in total. The van der Waals surface area contributed by atoms with Gasteiger partial charge >= 0.3 is 6.09 Å². The molecule has 42 heavy (non-hydrogen) atoms. The summed E-state index contributed by atoms with van der Waals surface area (Å²) in [6.45, 7) is 6.97. The van der Waals surface area contributed by atoms with E-state index < -0.39 is 32.9 Å². The molecule has 218 valence electrons. The maximum absolute atomic E-state index is 14.2. The van der Waals surface area contributed by atoms with Crippen LogP contribution in [0.15, 0.2) is 87.7 Å². The molecular weight excluding hydrogens is 554 g/mol. The van der Waals surface area contributed by atoms with Crippen molar-refractivity contribution in [3.63, 3.8) is 0 Å². The fraction of sp³-hybridized carbons (Fsp3) is 0.281. The number of fused-ring (bicyclic) bond motifs is 2. The quantitative estimate of drug-likeness (QED) is 0.305. The fourth-order valence-corrected chi connectivity index (χ4v) is 6.48. The summed E-state index contributed by atoms with van der Waals surface area (Å²) in [5.41, 5.74) is 0.708. The van der Waals surface area contributed by atoms with E-state index in [0.717, 1.165) is 12.0 Å². The highest BCUT2D eigenvalue weighted by atomic mass is 32.2. The highest BCUT2D eigenvalue weighted by Crippen LogP contribution is 2.44. The Morgan fingerprint density at radius 2 is 1.74 bits per heavy atom. The molecule has 3 aromatic carbocycles. The first kappa shape index (κ1) is 29.1. The van der Waals surface area contributed by atoms with Crippen molar-refractivity contribution in [1.29, 1.82) is 0 Å². The summed E-state index contributed by atoms with van der Waals surface area (Å²) >= 11 is 0. The first-order chi connectivity index (χ1) is 19.8. The summed E-state index contributed by atoms with van der Waals surface area (Å²) in [4.78, 5) is 26.2. The second kappa shape index (κ2) is 10.8. The lowest BCUT2D eigenvalue weighted by Gasteiger charge is -2.36. The van der Waals surface area contributed by atoms with Crippen molar-refractivity contribution in [2.45, 2.75) is 62.9 Å². The molecule has 1 amide bonds. The molecule has 10 heteroatoms. The van der Waals surface area contributed by atoms with Crippen LogP contribution in [-0.2, 0) is 31.4 Å². The summed E-state index contributed by atoms with van der Waals surface area (Å²) in [7, 11) is -4.31. The highest BCUT2D eigenvalue weighted by Gasteiger charge is 2.46. The van der Waals surface area contributed by atoms with Gasteiger partial charge in [-0.1, -0.05) is 54.6 Å².